The molecule has 0 unspecified atom stereocenters. The monoisotopic (exact) mass is 556 g/mol. The van der Waals surface area contributed by atoms with Gasteiger partial charge in [-0.1, -0.05) is 66.2 Å². The summed E-state index contributed by atoms with van der Waals surface area (Å²) in [6.07, 6.45) is 2.22. The van der Waals surface area contributed by atoms with E-state index in [0.717, 1.165) is 32.9 Å². The first-order chi connectivity index (χ1) is 16.8. The zero-order valence-electron chi connectivity index (χ0n) is 19.8. The molecule has 3 aromatic rings. The lowest BCUT2D eigenvalue weighted by Gasteiger charge is -2.41. The van der Waals surface area contributed by atoms with Gasteiger partial charge in [0.05, 0.1) is 16.6 Å². The lowest BCUT2D eigenvalue weighted by Crippen LogP contribution is -2.47. The second-order valence-electron chi connectivity index (χ2n) is 8.66. The summed E-state index contributed by atoms with van der Waals surface area (Å²) in [4.78, 5) is 13.5. The lowest BCUT2D eigenvalue weighted by atomic mass is 9.83. The van der Waals surface area contributed by atoms with Crippen LogP contribution in [0.3, 0.4) is 0 Å². The molecular formula is C27H29BrN2O4S. The van der Waals surface area contributed by atoms with Crippen LogP contribution < -0.4 is 14.4 Å². The Kier molecular flexibility index (Phi) is 7.52. The highest BCUT2D eigenvalue weighted by Gasteiger charge is 2.39. The maximum Gasteiger partial charge on any atom is 0.264 e. The third kappa shape index (κ3) is 5.38. The number of ether oxygens (including phenoxy) is 1. The third-order valence-corrected chi connectivity index (χ3v) is 8.87. The van der Waals surface area contributed by atoms with Crippen LogP contribution in [0.2, 0.25) is 0 Å². The lowest BCUT2D eigenvalue weighted by molar-refractivity contribution is -0.121. The van der Waals surface area contributed by atoms with E-state index in [1.807, 2.05) is 24.3 Å². The van der Waals surface area contributed by atoms with Gasteiger partial charge in [0.25, 0.3) is 10.0 Å². The number of fused-ring (bicyclic) bond motifs is 1. The Labute approximate surface area is 215 Å². The van der Waals surface area contributed by atoms with E-state index in [1.165, 1.54) is 12.1 Å². The summed E-state index contributed by atoms with van der Waals surface area (Å²) in [6.45, 7) is 3.82. The Morgan fingerprint density at radius 1 is 1.00 bits per heavy atom. The molecule has 0 bridgehead atoms. The van der Waals surface area contributed by atoms with Crippen molar-refractivity contribution in [2.24, 2.45) is 0 Å². The van der Waals surface area contributed by atoms with Gasteiger partial charge in [-0.25, -0.2) is 8.42 Å². The summed E-state index contributed by atoms with van der Waals surface area (Å²) in [7, 11) is -3.96. The molecule has 0 saturated heterocycles. The number of sulfonamides is 1. The summed E-state index contributed by atoms with van der Waals surface area (Å²) in [6, 6.07) is 22.5. The van der Waals surface area contributed by atoms with E-state index in [1.54, 1.807) is 42.5 Å². The van der Waals surface area contributed by atoms with Crippen molar-refractivity contribution in [1.82, 2.24) is 5.32 Å². The summed E-state index contributed by atoms with van der Waals surface area (Å²) in [5.74, 6) is 0.379. The summed E-state index contributed by atoms with van der Waals surface area (Å²) < 4.78 is 35.4. The van der Waals surface area contributed by atoms with Gasteiger partial charge in [-0.15, -0.1) is 0 Å². The third-order valence-electron chi connectivity index (χ3n) is 6.55. The number of hydrogen-bond acceptors (Lipinski definition) is 4. The first-order valence-corrected chi connectivity index (χ1v) is 13.9. The van der Waals surface area contributed by atoms with Crippen LogP contribution in [0.4, 0.5) is 5.69 Å². The molecule has 4 rings (SSSR count). The Morgan fingerprint density at radius 3 is 2.29 bits per heavy atom. The summed E-state index contributed by atoms with van der Waals surface area (Å²) in [5, 5.41) is 3.10. The molecule has 3 aromatic carbocycles. The smallest absolute Gasteiger partial charge is 0.264 e. The number of rotatable bonds is 8. The van der Waals surface area contributed by atoms with Gasteiger partial charge in [0.2, 0.25) is 5.91 Å². The Bertz CT molecular complexity index is 1280. The molecule has 6 nitrogen and oxygen atoms in total. The maximum atomic E-state index is 13.6. The highest BCUT2D eigenvalue weighted by Crippen LogP contribution is 2.42. The second-order valence-corrected chi connectivity index (χ2v) is 11.4. The van der Waals surface area contributed by atoms with Crippen LogP contribution in [0.25, 0.3) is 0 Å². The SMILES string of the molecule is CCC1(CC)C[C@@H](NC(=O)CN(c2ccc(Br)cc2)S(=O)(=O)c2ccccc2)c2ccccc2O1. The number of hydrogen-bond donors (Lipinski definition) is 1. The van der Waals surface area contributed by atoms with Crippen LogP contribution in [-0.4, -0.2) is 26.5 Å². The number of nitrogens with one attached hydrogen (secondary N) is 1. The van der Waals surface area contributed by atoms with Crippen LogP contribution in [0.15, 0.2) is 88.2 Å². The van der Waals surface area contributed by atoms with E-state index in [4.69, 9.17) is 4.74 Å². The molecule has 1 aliphatic rings. The maximum absolute atomic E-state index is 13.6. The molecule has 0 aliphatic carbocycles. The number of amides is 1. The standard InChI is InChI=1S/C27H29BrN2O4S/c1-3-27(4-2)18-24(23-12-8-9-13-25(23)34-27)29-26(31)19-30(21-16-14-20(28)15-17-21)35(32,33)22-10-6-5-7-11-22/h5-17,24H,3-4,18-19H2,1-2H3,(H,29,31)/t24-/m1/s1. The van der Waals surface area contributed by atoms with Gasteiger partial charge in [-0.05, 0) is 55.3 Å². The van der Waals surface area contributed by atoms with E-state index in [9.17, 15) is 13.2 Å². The van der Waals surface area contributed by atoms with Crippen molar-refractivity contribution in [2.45, 2.75) is 49.6 Å². The highest BCUT2D eigenvalue weighted by molar-refractivity contribution is 9.10. The van der Waals surface area contributed by atoms with Gasteiger partial charge in [0, 0.05) is 16.5 Å². The molecule has 1 heterocycles. The molecule has 0 aromatic heterocycles. The van der Waals surface area contributed by atoms with Gasteiger partial charge in [0.1, 0.15) is 17.9 Å². The van der Waals surface area contributed by atoms with Crippen LogP contribution in [-0.2, 0) is 14.8 Å². The minimum atomic E-state index is -3.96. The number of carbonyl (C=O) groups excluding carboxylic acids is 1. The van der Waals surface area contributed by atoms with Crippen LogP contribution in [0, 0.1) is 0 Å². The fourth-order valence-electron chi connectivity index (χ4n) is 4.44. The molecule has 35 heavy (non-hydrogen) atoms. The molecule has 1 amide bonds. The molecule has 0 spiro atoms. The molecule has 0 fully saturated rings. The fraction of sp³-hybridized carbons (Fsp3) is 0.296. The van der Waals surface area contributed by atoms with Crippen LogP contribution >= 0.6 is 15.9 Å². The molecule has 1 aliphatic heterocycles. The van der Waals surface area contributed by atoms with Crippen molar-refractivity contribution in [3.8, 4) is 5.75 Å². The predicted octanol–water partition coefficient (Wildman–Crippen LogP) is 5.84. The summed E-state index contributed by atoms with van der Waals surface area (Å²) in [5.41, 5.74) is 0.934. The predicted molar refractivity (Wildman–Crippen MR) is 141 cm³/mol. The van der Waals surface area contributed by atoms with Crippen molar-refractivity contribution >= 4 is 37.5 Å². The van der Waals surface area contributed by atoms with Gasteiger partial charge in [0.15, 0.2) is 0 Å². The average molecular weight is 558 g/mol. The Balaban J connectivity index is 1.64. The van der Waals surface area contributed by atoms with Crippen molar-refractivity contribution in [2.75, 3.05) is 10.8 Å². The topological polar surface area (TPSA) is 75.7 Å². The van der Waals surface area contributed by atoms with Gasteiger partial charge >= 0.3 is 0 Å². The van der Waals surface area contributed by atoms with Crippen LogP contribution in [0.1, 0.15) is 44.7 Å². The minimum Gasteiger partial charge on any atom is -0.487 e. The summed E-state index contributed by atoms with van der Waals surface area (Å²) >= 11 is 3.39. The molecule has 1 N–H and O–H groups in total. The average Bonchev–Trinajstić information content (AvgIpc) is 2.88. The number of nitrogens with zero attached hydrogens (tertiary/aromatic N) is 1. The van der Waals surface area contributed by atoms with Crippen molar-refractivity contribution < 1.29 is 17.9 Å². The normalized spacial score (nSPS) is 16.6. The number of halogens is 1. The molecular weight excluding hydrogens is 528 g/mol. The molecule has 1 atom stereocenters. The van der Waals surface area contributed by atoms with Crippen molar-refractivity contribution in [3.05, 3.63) is 88.9 Å². The first kappa shape index (κ1) is 25.3. The van der Waals surface area contributed by atoms with Gasteiger partial charge < -0.3 is 10.1 Å². The van der Waals surface area contributed by atoms with Gasteiger partial charge in [-0.2, -0.15) is 0 Å². The Morgan fingerprint density at radius 2 is 1.63 bits per heavy atom. The van der Waals surface area contributed by atoms with E-state index in [0.29, 0.717) is 12.1 Å². The number of benzene rings is 3. The quantitative estimate of drug-likeness (QED) is 0.378. The van der Waals surface area contributed by atoms with Crippen LogP contribution in [0.5, 0.6) is 5.75 Å². The molecule has 0 radical (unpaired) electrons. The number of para-hydroxylation sites is 1. The zero-order chi connectivity index (χ0) is 25.1. The van der Waals surface area contributed by atoms with E-state index in [-0.39, 0.29) is 29.0 Å². The molecule has 0 saturated carbocycles. The first-order valence-electron chi connectivity index (χ1n) is 11.7. The second kappa shape index (κ2) is 10.4. The minimum absolute atomic E-state index is 0.128. The fourth-order valence-corrected chi connectivity index (χ4v) is 6.15. The highest BCUT2D eigenvalue weighted by atomic mass is 79.9. The molecule has 8 heteroatoms. The molecule has 184 valence electrons. The number of carbonyl (C=O) groups is 1. The van der Waals surface area contributed by atoms with E-state index < -0.39 is 10.0 Å². The van der Waals surface area contributed by atoms with Crippen molar-refractivity contribution in [3.63, 3.8) is 0 Å². The van der Waals surface area contributed by atoms with E-state index in [2.05, 4.69) is 35.1 Å². The largest absolute Gasteiger partial charge is 0.487 e. The number of anilines is 1. The zero-order valence-corrected chi connectivity index (χ0v) is 22.2. The van der Waals surface area contributed by atoms with Gasteiger partial charge in [-0.3, -0.25) is 9.10 Å². The van der Waals surface area contributed by atoms with E-state index >= 15 is 0 Å². The Hall–Kier alpha value is -2.84. The van der Waals surface area contributed by atoms with Crippen molar-refractivity contribution in [1.29, 1.82) is 0 Å².